The highest BCUT2D eigenvalue weighted by Gasteiger charge is 2.14. The van der Waals surface area contributed by atoms with Crippen LogP contribution in [0.5, 0.6) is 0 Å². The van der Waals surface area contributed by atoms with Gasteiger partial charge in [-0.1, -0.05) is 23.7 Å². The molecule has 5 heteroatoms. The van der Waals surface area contributed by atoms with Gasteiger partial charge in [-0.25, -0.2) is 8.78 Å². The third kappa shape index (κ3) is 2.07. The minimum Gasteiger partial charge on any atom is -0.266 e. The van der Waals surface area contributed by atoms with Crippen LogP contribution in [0.4, 0.5) is 8.78 Å². The highest BCUT2D eigenvalue weighted by atomic mass is 35.5. The summed E-state index contributed by atoms with van der Waals surface area (Å²) in [6, 6.07) is 8.29. The highest BCUT2D eigenvalue weighted by molar-refractivity contribution is 6.30. The number of hydrogen-bond acceptors (Lipinski definition) is 1. The predicted molar refractivity (Wildman–Crippen MR) is 58.6 cm³/mol. The summed E-state index contributed by atoms with van der Waals surface area (Å²) in [5.41, 5.74) is 1.20. The number of aryl methyl sites for hydroxylation is 1. The molecule has 2 rings (SSSR count). The van der Waals surface area contributed by atoms with Crippen molar-refractivity contribution in [3.63, 3.8) is 0 Å². The molecule has 2 nitrogen and oxygen atoms in total. The Morgan fingerprint density at radius 2 is 1.88 bits per heavy atom. The van der Waals surface area contributed by atoms with Crippen molar-refractivity contribution in [3.05, 3.63) is 41.0 Å². The molecule has 0 radical (unpaired) electrons. The van der Waals surface area contributed by atoms with Crippen molar-refractivity contribution in [1.82, 2.24) is 9.78 Å². The monoisotopic (exact) mass is 242 g/mol. The van der Waals surface area contributed by atoms with E-state index in [2.05, 4.69) is 5.10 Å². The molecule has 0 amide bonds. The zero-order chi connectivity index (χ0) is 11.7. The Hall–Kier alpha value is -1.42. The van der Waals surface area contributed by atoms with Gasteiger partial charge in [0.25, 0.3) is 6.43 Å². The first-order valence-corrected chi connectivity index (χ1v) is 5.04. The lowest BCUT2D eigenvalue weighted by atomic mass is 10.1. The Morgan fingerprint density at radius 3 is 2.38 bits per heavy atom. The molecule has 16 heavy (non-hydrogen) atoms. The minimum absolute atomic E-state index is 0.0926. The van der Waals surface area contributed by atoms with E-state index in [1.807, 2.05) is 0 Å². The van der Waals surface area contributed by atoms with Gasteiger partial charge >= 0.3 is 0 Å². The van der Waals surface area contributed by atoms with Gasteiger partial charge in [0.2, 0.25) is 0 Å². The van der Waals surface area contributed by atoms with E-state index in [1.165, 1.54) is 17.8 Å². The van der Waals surface area contributed by atoms with Crippen LogP contribution in [-0.4, -0.2) is 9.78 Å². The van der Waals surface area contributed by atoms with E-state index >= 15 is 0 Å². The molecule has 0 spiro atoms. The third-order valence-electron chi connectivity index (χ3n) is 2.28. The van der Waals surface area contributed by atoms with Crippen LogP contribution in [0.1, 0.15) is 12.1 Å². The summed E-state index contributed by atoms with van der Waals surface area (Å²) in [4.78, 5) is 0. The number of hydrogen-bond donors (Lipinski definition) is 0. The van der Waals surface area contributed by atoms with Crippen LogP contribution < -0.4 is 0 Å². The van der Waals surface area contributed by atoms with E-state index in [9.17, 15) is 8.78 Å². The smallest absolute Gasteiger partial charge is 0.266 e. The summed E-state index contributed by atoms with van der Waals surface area (Å²) in [5.74, 6) is 0. The van der Waals surface area contributed by atoms with E-state index in [0.717, 1.165) is 5.56 Å². The largest absolute Gasteiger partial charge is 0.280 e. The predicted octanol–water partition coefficient (Wildman–Crippen LogP) is 3.68. The topological polar surface area (TPSA) is 17.8 Å². The molecule has 0 aliphatic carbocycles. The molecule has 0 N–H and O–H groups in total. The first kappa shape index (κ1) is 11.1. The van der Waals surface area contributed by atoms with Gasteiger partial charge in [0, 0.05) is 17.6 Å². The van der Waals surface area contributed by atoms with Gasteiger partial charge in [-0.2, -0.15) is 5.10 Å². The van der Waals surface area contributed by atoms with Crippen LogP contribution in [0.25, 0.3) is 11.3 Å². The number of nitrogens with zero attached hydrogens (tertiary/aromatic N) is 2. The van der Waals surface area contributed by atoms with Crippen LogP contribution in [-0.2, 0) is 7.05 Å². The van der Waals surface area contributed by atoms with Gasteiger partial charge in [0.05, 0.1) is 5.69 Å². The minimum atomic E-state index is -2.52. The summed E-state index contributed by atoms with van der Waals surface area (Å²) in [5, 5.41) is 4.63. The van der Waals surface area contributed by atoms with Gasteiger partial charge in [-0.15, -0.1) is 0 Å². The lowest BCUT2D eigenvalue weighted by molar-refractivity contribution is 0.141. The fourth-order valence-electron chi connectivity index (χ4n) is 1.45. The SMILES string of the molecule is Cn1nc(-c2ccc(Cl)cc2)cc1C(F)F. The molecule has 0 atom stereocenters. The number of halogens is 3. The lowest BCUT2D eigenvalue weighted by Gasteiger charge is -1.96. The quantitative estimate of drug-likeness (QED) is 0.786. The zero-order valence-electron chi connectivity index (χ0n) is 8.49. The molecule has 0 fully saturated rings. The van der Waals surface area contributed by atoms with E-state index in [1.54, 1.807) is 24.3 Å². The Balaban J connectivity index is 2.41. The number of rotatable bonds is 2. The molecule has 2 aromatic rings. The van der Waals surface area contributed by atoms with Crippen molar-refractivity contribution in [2.24, 2.45) is 7.05 Å². The maximum absolute atomic E-state index is 12.5. The van der Waals surface area contributed by atoms with Crippen molar-refractivity contribution in [1.29, 1.82) is 0 Å². The van der Waals surface area contributed by atoms with E-state index < -0.39 is 6.43 Å². The normalized spacial score (nSPS) is 11.1. The average Bonchev–Trinajstić information content (AvgIpc) is 2.61. The summed E-state index contributed by atoms with van der Waals surface area (Å²) in [7, 11) is 1.50. The average molecular weight is 243 g/mol. The van der Waals surface area contributed by atoms with Crippen LogP contribution in [0.2, 0.25) is 5.02 Å². The van der Waals surface area contributed by atoms with Crippen molar-refractivity contribution in [2.45, 2.75) is 6.43 Å². The molecule has 0 bridgehead atoms. The maximum atomic E-state index is 12.5. The number of alkyl halides is 2. The Morgan fingerprint density at radius 1 is 1.25 bits per heavy atom. The second kappa shape index (κ2) is 4.22. The molecule has 0 saturated carbocycles. The molecule has 0 saturated heterocycles. The molecular weight excluding hydrogens is 234 g/mol. The summed E-state index contributed by atoms with van der Waals surface area (Å²) in [6.45, 7) is 0. The van der Waals surface area contributed by atoms with Crippen LogP contribution in [0, 0.1) is 0 Å². The molecule has 0 aliphatic heterocycles. The van der Waals surface area contributed by atoms with Crippen molar-refractivity contribution < 1.29 is 8.78 Å². The van der Waals surface area contributed by atoms with Crippen molar-refractivity contribution >= 4 is 11.6 Å². The lowest BCUT2D eigenvalue weighted by Crippen LogP contribution is -1.97. The van der Waals surface area contributed by atoms with Crippen molar-refractivity contribution in [2.75, 3.05) is 0 Å². The number of aromatic nitrogens is 2. The first-order chi connectivity index (χ1) is 7.58. The Kier molecular flexibility index (Phi) is 2.92. The van der Waals surface area contributed by atoms with Crippen LogP contribution >= 0.6 is 11.6 Å². The first-order valence-electron chi connectivity index (χ1n) is 4.66. The van der Waals surface area contributed by atoms with Crippen molar-refractivity contribution in [3.8, 4) is 11.3 Å². The van der Waals surface area contributed by atoms with Gasteiger partial charge in [-0.05, 0) is 18.2 Å². The second-order valence-electron chi connectivity index (χ2n) is 3.39. The van der Waals surface area contributed by atoms with E-state index in [-0.39, 0.29) is 5.69 Å². The van der Waals surface area contributed by atoms with E-state index in [4.69, 9.17) is 11.6 Å². The number of benzene rings is 1. The molecular formula is C11H9ClF2N2. The standard InChI is InChI=1S/C11H9ClF2N2/c1-16-10(11(13)14)6-9(15-16)7-2-4-8(12)5-3-7/h2-6,11H,1H3. The Labute approximate surface area is 96.5 Å². The van der Waals surface area contributed by atoms with Gasteiger partial charge in [0.1, 0.15) is 5.69 Å². The molecule has 84 valence electrons. The molecule has 0 unspecified atom stereocenters. The maximum Gasteiger partial charge on any atom is 0.280 e. The van der Waals surface area contributed by atoms with E-state index in [0.29, 0.717) is 10.7 Å². The summed E-state index contributed by atoms with van der Waals surface area (Å²) in [6.07, 6.45) is -2.52. The molecule has 1 aromatic carbocycles. The highest BCUT2D eigenvalue weighted by Crippen LogP contribution is 2.25. The van der Waals surface area contributed by atoms with Gasteiger partial charge in [0.15, 0.2) is 0 Å². The molecule has 0 aliphatic rings. The molecule has 1 heterocycles. The third-order valence-corrected chi connectivity index (χ3v) is 2.53. The van der Waals surface area contributed by atoms with Gasteiger partial charge < -0.3 is 0 Å². The molecule has 1 aromatic heterocycles. The summed E-state index contributed by atoms with van der Waals surface area (Å²) >= 11 is 5.74. The zero-order valence-corrected chi connectivity index (χ0v) is 9.25. The van der Waals surface area contributed by atoms with Crippen LogP contribution in [0.3, 0.4) is 0 Å². The van der Waals surface area contributed by atoms with Crippen LogP contribution in [0.15, 0.2) is 30.3 Å². The summed E-state index contributed by atoms with van der Waals surface area (Å²) < 4.78 is 26.3. The fraction of sp³-hybridized carbons (Fsp3) is 0.182. The fourth-order valence-corrected chi connectivity index (χ4v) is 1.57. The second-order valence-corrected chi connectivity index (χ2v) is 3.82. The van der Waals surface area contributed by atoms with Gasteiger partial charge in [-0.3, -0.25) is 4.68 Å². The Bertz CT molecular complexity index is 491.